The van der Waals surface area contributed by atoms with Crippen LogP contribution in [0.2, 0.25) is 0 Å². The topological polar surface area (TPSA) is 63.3 Å². The monoisotopic (exact) mass is 747 g/mol. The van der Waals surface area contributed by atoms with Crippen molar-refractivity contribution in [3.05, 3.63) is 77.8 Å². The quantitative estimate of drug-likeness (QED) is 0.111. The number of fused-ring (bicyclic) bond motifs is 2. The van der Waals surface area contributed by atoms with E-state index in [0.717, 1.165) is 59.2 Å². The summed E-state index contributed by atoms with van der Waals surface area (Å²) in [5.41, 5.74) is 4.45. The van der Waals surface area contributed by atoms with E-state index >= 15 is 0 Å². The Morgan fingerprint density at radius 3 is 2.07 bits per heavy atom. The van der Waals surface area contributed by atoms with Crippen molar-refractivity contribution >= 4 is 27.7 Å². The van der Waals surface area contributed by atoms with E-state index in [0.29, 0.717) is 0 Å². The minimum absolute atomic E-state index is 0. The van der Waals surface area contributed by atoms with Crippen molar-refractivity contribution in [3.63, 3.8) is 0 Å². The molecule has 0 aliphatic heterocycles. The van der Waals surface area contributed by atoms with Crippen molar-refractivity contribution in [1.29, 1.82) is 0 Å². The standard InChI is InChI=1S/C22H20NO.C15H28O2.Ir/c1-14-11-20-21(24-14)10-9-19(23-20)16-12-15-7-5-6-8-17(15)18(13-16)22(2,3)4;1-7-14(5,8-2)12(16)11-13(17)15(6,9-3)10-4;/h5-11,13H,1-4H3;11,16H,7-10H2,1-6H3;/q-1;;/b;12-11-;. The smallest absolute Gasteiger partial charge is 0.164 e. The molecule has 42 heavy (non-hydrogen) atoms. The molecular weight excluding hydrogens is 699 g/mol. The summed E-state index contributed by atoms with van der Waals surface area (Å²) in [6.45, 7) is 20.8. The van der Waals surface area contributed by atoms with Crippen molar-refractivity contribution < 1.29 is 34.4 Å². The van der Waals surface area contributed by atoms with Crippen LogP contribution in [0, 0.1) is 23.8 Å². The van der Waals surface area contributed by atoms with Gasteiger partial charge in [0.05, 0.1) is 0 Å². The third-order valence-electron chi connectivity index (χ3n) is 8.96. The molecule has 229 valence electrons. The number of hydrogen-bond donors (Lipinski definition) is 1. The molecule has 4 rings (SSSR count). The Kier molecular flexibility index (Phi) is 11.9. The normalized spacial score (nSPS) is 12.6. The van der Waals surface area contributed by atoms with Gasteiger partial charge in [0.15, 0.2) is 11.4 Å². The number of hydrogen-bond acceptors (Lipinski definition) is 4. The molecule has 2 heterocycles. The molecular formula is C37H48IrNO3-. The summed E-state index contributed by atoms with van der Waals surface area (Å²) < 4.78 is 5.63. The van der Waals surface area contributed by atoms with Crippen molar-refractivity contribution in [2.75, 3.05) is 0 Å². The zero-order valence-electron chi connectivity index (χ0n) is 27.1. The van der Waals surface area contributed by atoms with Gasteiger partial charge in [-0.25, -0.2) is 0 Å². The first-order valence-electron chi connectivity index (χ1n) is 15.0. The summed E-state index contributed by atoms with van der Waals surface area (Å²) in [4.78, 5) is 17.0. The van der Waals surface area contributed by atoms with Crippen LogP contribution in [-0.2, 0) is 30.3 Å². The van der Waals surface area contributed by atoms with E-state index in [4.69, 9.17) is 9.40 Å². The largest absolute Gasteiger partial charge is 0.512 e. The number of aryl methyl sites for hydroxylation is 1. The molecule has 5 heteroatoms. The van der Waals surface area contributed by atoms with Gasteiger partial charge in [-0.2, -0.15) is 0 Å². The van der Waals surface area contributed by atoms with Gasteiger partial charge in [0.1, 0.15) is 17.0 Å². The number of aliphatic hydroxyl groups excluding tert-OH is 1. The molecule has 0 fully saturated rings. The van der Waals surface area contributed by atoms with Gasteiger partial charge in [-0.1, -0.05) is 97.5 Å². The molecule has 2 aromatic carbocycles. The first kappa shape index (κ1) is 35.4. The molecule has 0 saturated carbocycles. The molecule has 0 bridgehead atoms. The summed E-state index contributed by atoms with van der Waals surface area (Å²) in [5.74, 6) is 1.17. The van der Waals surface area contributed by atoms with Gasteiger partial charge in [-0.05, 0) is 44.1 Å². The van der Waals surface area contributed by atoms with Crippen LogP contribution in [0.5, 0.6) is 0 Å². The summed E-state index contributed by atoms with van der Waals surface area (Å²) in [5, 5.41) is 12.5. The Labute approximate surface area is 266 Å². The molecule has 1 radical (unpaired) electrons. The SMILES string of the molecule is CCC(C)(CC)C(=O)/C=C(\O)C(C)(CC)CC.Cc1cc2nc(-c3[c-]c4ccccc4c(C(C)(C)C)c3)ccc2o1.[Ir]. The van der Waals surface area contributed by atoms with Crippen LogP contribution in [0.25, 0.3) is 33.1 Å². The van der Waals surface area contributed by atoms with Crippen LogP contribution in [0.15, 0.2) is 64.8 Å². The summed E-state index contributed by atoms with van der Waals surface area (Å²) in [6, 6.07) is 20.2. The Balaban J connectivity index is 0.000000307. The first-order valence-corrected chi connectivity index (χ1v) is 15.0. The van der Waals surface area contributed by atoms with Crippen molar-refractivity contribution in [2.45, 2.75) is 100 Å². The Morgan fingerprint density at radius 2 is 1.50 bits per heavy atom. The Hall–Kier alpha value is -2.75. The van der Waals surface area contributed by atoms with E-state index in [1.54, 1.807) is 0 Å². The minimum atomic E-state index is -0.337. The van der Waals surface area contributed by atoms with E-state index < -0.39 is 0 Å². The van der Waals surface area contributed by atoms with E-state index in [2.05, 4.69) is 57.2 Å². The molecule has 4 aromatic rings. The second kappa shape index (κ2) is 14.1. The van der Waals surface area contributed by atoms with Crippen LogP contribution < -0.4 is 0 Å². The van der Waals surface area contributed by atoms with Crippen molar-refractivity contribution in [2.24, 2.45) is 10.8 Å². The second-order valence-electron chi connectivity index (χ2n) is 12.8. The summed E-state index contributed by atoms with van der Waals surface area (Å²) >= 11 is 0. The molecule has 0 amide bonds. The third-order valence-corrected chi connectivity index (χ3v) is 8.96. The number of carbonyl (C=O) groups is 1. The van der Waals surface area contributed by atoms with E-state index in [1.165, 1.54) is 17.0 Å². The average Bonchev–Trinajstić information content (AvgIpc) is 3.34. The van der Waals surface area contributed by atoms with Gasteiger partial charge in [0.2, 0.25) is 0 Å². The predicted molar refractivity (Wildman–Crippen MR) is 172 cm³/mol. The molecule has 0 atom stereocenters. The fourth-order valence-electron chi connectivity index (χ4n) is 4.87. The Morgan fingerprint density at radius 1 is 0.905 bits per heavy atom. The maximum atomic E-state index is 12.2. The number of furan rings is 1. The molecule has 2 aromatic heterocycles. The number of benzene rings is 2. The molecule has 0 aliphatic rings. The van der Waals surface area contributed by atoms with Gasteiger partial charge in [-0.3, -0.25) is 9.78 Å². The number of allylic oxidation sites excluding steroid dienone is 2. The number of ketones is 1. The minimum Gasteiger partial charge on any atom is -0.512 e. The Bertz CT molecular complexity index is 1530. The van der Waals surface area contributed by atoms with Gasteiger partial charge in [0.25, 0.3) is 0 Å². The zero-order chi connectivity index (χ0) is 30.6. The molecule has 0 saturated heterocycles. The maximum Gasteiger partial charge on any atom is 0.164 e. The predicted octanol–water partition coefficient (Wildman–Crippen LogP) is 10.7. The molecule has 1 N–H and O–H groups in total. The van der Waals surface area contributed by atoms with Gasteiger partial charge >= 0.3 is 0 Å². The van der Waals surface area contributed by atoms with E-state index in [-0.39, 0.29) is 47.9 Å². The van der Waals surface area contributed by atoms with Crippen LogP contribution in [-0.4, -0.2) is 15.9 Å². The molecule has 0 spiro atoms. The van der Waals surface area contributed by atoms with Crippen LogP contribution in [0.1, 0.15) is 99.3 Å². The van der Waals surface area contributed by atoms with Gasteiger partial charge < -0.3 is 9.52 Å². The zero-order valence-corrected chi connectivity index (χ0v) is 29.5. The van der Waals surface area contributed by atoms with E-state index in [9.17, 15) is 9.90 Å². The molecule has 0 unspecified atom stereocenters. The van der Waals surface area contributed by atoms with Crippen LogP contribution in [0.3, 0.4) is 0 Å². The number of rotatable bonds is 8. The summed E-state index contributed by atoms with van der Waals surface area (Å²) in [7, 11) is 0. The van der Waals surface area contributed by atoms with Crippen LogP contribution in [0.4, 0.5) is 0 Å². The number of pyridine rings is 1. The molecule has 4 nitrogen and oxygen atoms in total. The first-order chi connectivity index (χ1) is 19.2. The van der Waals surface area contributed by atoms with Crippen molar-refractivity contribution in [1.82, 2.24) is 4.98 Å². The van der Waals surface area contributed by atoms with Gasteiger partial charge in [0, 0.05) is 48.8 Å². The van der Waals surface area contributed by atoms with E-state index in [1.807, 2.05) is 66.7 Å². The fraction of sp³-hybridized carbons (Fsp3) is 0.459. The number of aliphatic hydroxyl groups is 1. The summed E-state index contributed by atoms with van der Waals surface area (Å²) in [6.07, 6.45) is 4.75. The maximum absolute atomic E-state index is 12.2. The van der Waals surface area contributed by atoms with Crippen molar-refractivity contribution in [3.8, 4) is 11.3 Å². The molecule has 0 aliphatic carbocycles. The fourth-order valence-corrected chi connectivity index (χ4v) is 4.87. The number of aromatic nitrogens is 1. The van der Waals surface area contributed by atoms with Gasteiger partial charge in [-0.15, -0.1) is 29.1 Å². The number of carbonyl (C=O) groups excluding carboxylic acids is 1. The van der Waals surface area contributed by atoms with Crippen LogP contribution >= 0.6 is 0 Å². The average molecular weight is 747 g/mol. The number of nitrogens with zero attached hydrogens (tertiary/aromatic N) is 1. The third kappa shape index (κ3) is 7.79. The second-order valence-corrected chi connectivity index (χ2v) is 12.8.